The molecule has 0 unspecified atom stereocenters. The molecule has 0 radical (unpaired) electrons. The molecule has 0 aliphatic heterocycles. The van der Waals surface area contributed by atoms with E-state index < -0.39 is 5.43 Å². The largest absolute Gasteiger partial charge is 0.449 e. The molecule has 0 spiro atoms. The van der Waals surface area contributed by atoms with Gasteiger partial charge in [0, 0.05) is 11.6 Å². The molecule has 13 heavy (non-hydrogen) atoms. The zero-order chi connectivity index (χ0) is 10.7. The Morgan fingerprint density at radius 2 is 2.00 bits per heavy atom. The van der Waals surface area contributed by atoms with E-state index in [1.165, 1.54) is 0 Å². The molecule has 0 aliphatic rings. The fourth-order valence-electron chi connectivity index (χ4n) is 0.479. The monoisotopic (exact) mass is 204 g/mol. The summed E-state index contributed by atoms with van der Waals surface area (Å²) in [6.07, 6.45) is 5.63. The van der Waals surface area contributed by atoms with Gasteiger partial charge in [-0.15, -0.1) is 0 Å². The van der Waals surface area contributed by atoms with Gasteiger partial charge in [0.15, 0.2) is 0 Å². The summed E-state index contributed by atoms with van der Waals surface area (Å²) in [5.41, 5.74) is 0.190. The van der Waals surface area contributed by atoms with Gasteiger partial charge in [0.05, 0.1) is 0 Å². The average Bonchev–Trinajstić information content (AvgIpc) is 2.14. The van der Waals surface area contributed by atoms with Crippen LogP contribution >= 0.6 is 11.6 Å². The normalized spacial score (nSPS) is 10.7. The molecule has 2 nitrogen and oxygen atoms in total. The molecule has 3 heteroatoms. The van der Waals surface area contributed by atoms with Crippen LogP contribution in [0.15, 0.2) is 23.8 Å². The first-order valence-electron chi connectivity index (χ1n) is 4.27. The van der Waals surface area contributed by atoms with E-state index in [1.54, 1.807) is 0 Å². The predicted molar refractivity (Wildman–Crippen MR) is 57.1 cm³/mol. The molecule has 0 aromatic carbocycles. The van der Waals surface area contributed by atoms with Gasteiger partial charge in [-0.1, -0.05) is 32.1 Å². The van der Waals surface area contributed by atoms with Crippen molar-refractivity contribution in [2.24, 2.45) is 0 Å². The molecule has 0 saturated heterocycles. The van der Waals surface area contributed by atoms with Crippen LogP contribution in [0.1, 0.15) is 27.7 Å². The summed E-state index contributed by atoms with van der Waals surface area (Å²) in [5.74, 6) is 0. The van der Waals surface area contributed by atoms with Crippen molar-refractivity contribution in [3.63, 3.8) is 0 Å². The molecular formula is C10H17ClO2. The molecule has 0 aliphatic carbocycles. The van der Waals surface area contributed by atoms with Gasteiger partial charge in [-0.25, -0.2) is 4.79 Å². The fraction of sp³-hybridized carbons (Fsp3) is 0.500. The lowest BCUT2D eigenvalue weighted by atomic mass is 10.3. The van der Waals surface area contributed by atoms with Gasteiger partial charge in [0.2, 0.25) is 0 Å². The molecule has 76 valence electrons. The Labute approximate surface area is 85.2 Å². The summed E-state index contributed by atoms with van der Waals surface area (Å²) < 4.78 is 4.53. The van der Waals surface area contributed by atoms with Gasteiger partial charge in [0.25, 0.3) is 0 Å². The second kappa shape index (κ2) is 11.2. The van der Waals surface area contributed by atoms with E-state index in [9.17, 15) is 4.79 Å². The van der Waals surface area contributed by atoms with Crippen molar-refractivity contribution < 1.29 is 9.53 Å². The van der Waals surface area contributed by atoms with Crippen LogP contribution in [-0.4, -0.2) is 12.0 Å². The number of carbonyl (C=O) groups is 1. The summed E-state index contributed by atoms with van der Waals surface area (Å²) in [4.78, 5) is 10.1. The van der Waals surface area contributed by atoms with Crippen molar-refractivity contribution in [2.75, 3.05) is 6.61 Å². The summed E-state index contributed by atoms with van der Waals surface area (Å²) in [7, 11) is 0. The third-order valence-corrected chi connectivity index (χ3v) is 1.10. The first kappa shape index (κ1) is 14.7. The van der Waals surface area contributed by atoms with E-state index in [1.807, 2.05) is 45.9 Å². The second-order valence-corrected chi connectivity index (χ2v) is 2.37. The van der Waals surface area contributed by atoms with Crippen LogP contribution in [-0.2, 0) is 4.74 Å². The molecule has 0 rings (SSSR count). The maximum atomic E-state index is 10.1. The number of allylic oxidation sites excluding steroid dienone is 3. The third-order valence-electron chi connectivity index (χ3n) is 0.987. The Morgan fingerprint density at radius 3 is 2.38 bits per heavy atom. The summed E-state index contributed by atoms with van der Waals surface area (Å²) in [5, 5.41) is 0. The zero-order valence-corrected chi connectivity index (χ0v) is 9.39. The summed E-state index contributed by atoms with van der Waals surface area (Å²) in [6.45, 7) is 8.03. The van der Waals surface area contributed by atoms with Crippen LogP contribution in [0.4, 0.5) is 4.79 Å². The maximum Gasteiger partial charge on any atom is 0.404 e. The molecule has 0 fully saturated rings. The standard InChI is InChI=1S/C8H11ClO2.C2H6/c1-3-4-5-7(2)6-11-8(9)10;1-2/h3-5H,6H2,1-2H3;1-2H3/b4-3-,7-5+;. The van der Waals surface area contributed by atoms with Gasteiger partial charge < -0.3 is 4.74 Å². The van der Waals surface area contributed by atoms with Crippen molar-refractivity contribution in [3.05, 3.63) is 23.8 Å². The van der Waals surface area contributed by atoms with Crippen LogP contribution in [0.5, 0.6) is 0 Å². The van der Waals surface area contributed by atoms with Crippen LogP contribution in [0, 0.1) is 0 Å². The first-order valence-corrected chi connectivity index (χ1v) is 4.65. The zero-order valence-electron chi connectivity index (χ0n) is 8.63. The lowest BCUT2D eigenvalue weighted by Gasteiger charge is -1.97. The summed E-state index contributed by atoms with van der Waals surface area (Å²) in [6, 6.07) is 0. The van der Waals surface area contributed by atoms with Gasteiger partial charge in [0.1, 0.15) is 6.61 Å². The van der Waals surface area contributed by atoms with Crippen molar-refractivity contribution >= 4 is 17.0 Å². The molecule has 0 bridgehead atoms. The molecular weight excluding hydrogens is 188 g/mol. The molecule has 0 aromatic rings. The SMILES string of the molecule is C/C=C\C=C(/C)COC(=O)Cl.CC. The van der Waals surface area contributed by atoms with E-state index in [0.29, 0.717) is 0 Å². The number of hydrogen-bond donors (Lipinski definition) is 0. The van der Waals surface area contributed by atoms with Crippen molar-refractivity contribution in [2.45, 2.75) is 27.7 Å². The Bertz CT molecular complexity index is 183. The van der Waals surface area contributed by atoms with Crippen molar-refractivity contribution in [1.29, 1.82) is 0 Å². The van der Waals surface area contributed by atoms with Gasteiger partial charge in [-0.3, -0.25) is 0 Å². The van der Waals surface area contributed by atoms with Crippen LogP contribution in [0.2, 0.25) is 0 Å². The lowest BCUT2D eigenvalue weighted by molar-refractivity contribution is 0.183. The number of rotatable bonds is 3. The van der Waals surface area contributed by atoms with Gasteiger partial charge >= 0.3 is 5.43 Å². The molecule has 0 atom stereocenters. The first-order chi connectivity index (χ1) is 6.16. The van der Waals surface area contributed by atoms with E-state index in [0.717, 1.165) is 5.57 Å². The van der Waals surface area contributed by atoms with E-state index in [2.05, 4.69) is 4.74 Å². The Kier molecular flexibility index (Phi) is 12.8. The minimum atomic E-state index is -0.766. The number of ether oxygens (including phenoxy) is 1. The molecule has 0 aromatic heterocycles. The highest BCUT2D eigenvalue weighted by Crippen LogP contribution is 1.96. The number of hydrogen-bond acceptors (Lipinski definition) is 2. The lowest BCUT2D eigenvalue weighted by Crippen LogP contribution is -1.96. The summed E-state index contributed by atoms with van der Waals surface area (Å²) >= 11 is 4.95. The van der Waals surface area contributed by atoms with Gasteiger partial charge in [-0.2, -0.15) is 0 Å². The van der Waals surface area contributed by atoms with E-state index >= 15 is 0 Å². The average molecular weight is 205 g/mol. The Balaban J connectivity index is 0. The highest BCUT2D eigenvalue weighted by molar-refractivity contribution is 6.61. The second-order valence-electron chi connectivity index (χ2n) is 2.07. The van der Waals surface area contributed by atoms with Crippen LogP contribution in [0.25, 0.3) is 0 Å². The highest BCUT2D eigenvalue weighted by atomic mass is 35.5. The predicted octanol–water partition coefficient (Wildman–Crippen LogP) is 3.91. The topological polar surface area (TPSA) is 26.3 Å². The van der Waals surface area contributed by atoms with Gasteiger partial charge in [-0.05, 0) is 19.4 Å². The third kappa shape index (κ3) is 14.1. The minimum absolute atomic E-state index is 0.257. The van der Waals surface area contributed by atoms with Crippen LogP contribution < -0.4 is 0 Å². The smallest absolute Gasteiger partial charge is 0.404 e. The molecule has 0 amide bonds. The fourth-order valence-corrected chi connectivity index (χ4v) is 0.534. The number of carbonyl (C=O) groups excluding carboxylic acids is 1. The Morgan fingerprint density at radius 1 is 1.46 bits per heavy atom. The van der Waals surface area contributed by atoms with Crippen molar-refractivity contribution in [3.8, 4) is 0 Å². The Hall–Kier alpha value is -0.760. The highest BCUT2D eigenvalue weighted by Gasteiger charge is 1.94. The van der Waals surface area contributed by atoms with Crippen LogP contribution in [0.3, 0.4) is 0 Å². The van der Waals surface area contributed by atoms with Crippen molar-refractivity contribution in [1.82, 2.24) is 0 Å². The quantitative estimate of drug-likeness (QED) is 0.515. The van der Waals surface area contributed by atoms with E-state index in [-0.39, 0.29) is 6.61 Å². The molecule has 0 N–H and O–H groups in total. The minimum Gasteiger partial charge on any atom is -0.449 e. The molecule has 0 saturated carbocycles. The maximum absolute atomic E-state index is 10.1. The number of halogens is 1. The van der Waals surface area contributed by atoms with E-state index in [4.69, 9.17) is 11.6 Å². The molecule has 0 heterocycles.